The summed E-state index contributed by atoms with van der Waals surface area (Å²) in [6.45, 7) is 6.48. The third-order valence-electron chi connectivity index (χ3n) is 4.44. The van der Waals surface area contributed by atoms with Crippen molar-refractivity contribution in [3.05, 3.63) is 53.1 Å². The molecule has 0 saturated heterocycles. The highest BCUT2D eigenvalue weighted by Gasteiger charge is 2.17. The van der Waals surface area contributed by atoms with Crippen molar-refractivity contribution in [2.24, 2.45) is 0 Å². The zero-order valence-electron chi connectivity index (χ0n) is 17.3. The fraction of sp³-hybridized carbons (Fsp3) is 0.286. The molecule has 1 aromatic heterocycles. The summed E-state index contributed by atoms with van der Waals surface area (Å²) < 4.78 is 6.50. The molecule has 0 aliphatic heterocycles. The zero-order valence-corrected chi connectivity index (χ0v) is 18.8. The van der Waals surface area contributed by atoms with E-state index in [1.54, 1.807) is 18.2 Å². The van der Waals surface area contributed by atoms with Gasteiger partial charge in [-0.3, -0.25) is 4.79 Å². The van der Waals surface area contributed by atoms with Gasteiger partial charge in [0, 0.05) is 11.3 Å². The van der Waals surface area contributed by atoms with Crippen molar-refractivity contribution in [3.63, 3.8) is 0 Å². The predicted octanol–water partition coefficient (Wildman–Crippen LogP) is 4.35. The molecule has 2 aromatic carbocycles. The number of benzene rings is 2. The van der Waals surface area contributed by atoms with Gasteiger partial charge in [-0.05, 0) is 29.2 Å². The van der Waals surface area contributed by atoms with Gasteiger partial charge < -0.3 is 15.9 Å². The van der Waals surface area contributed by atoms with Gasteiger partial charge in [0.1, 0.15) is 5.75 Å². The number of nitrogens with two attached hydrogens (primary N) is 1. The smallest absolute Gasteiger partial charge is 0.234 e. The molecule has 30 heavy (non-hydrogen) atoms. The molecule has 1 amide bonds. The number of hydrogen-bond donors (Lipinski definition) is 2. The van der Waals surface area contributed by atoms with Gasteiger partial charge in [-0.15, -0.1) is 10.2 Å². The van der Waals surface area contributed by atoms with Crippen LogP contribution in [0.25, 0.3) is 11.4 Å². The summed E-state index contributed by atoms with van der Waals surface area (Å²) in [4.78, 5) is 12.3. The average Bonchev–Trinajstić information content (AvgIpc) is 3.06. The van der Waals surface area contributed by atoms with E-state index in [0.717, 1.165) is 5.56 Å². The number of carbonyl (C=O) groups is 1. The van der Waals surface area contributed by atoms with E-state index >= 15 is 0 Å². The molecule has 1 heterocycles. The number of aromatic nitrogens is 3. The Kier molecular flexibility index (Phi) is 6.58. The number of anilines is 1. The molecule has 3 rings (SSSR count). The van der Waals surface area contributed by atoms with Crippen molar-refractivity contribution in [1.82, 2.24) is 14.9 Å². The van der Waals surface area contributed by atoms with E-state index in [0.29, 0.717) is 27.4 Å². The number of rotatable bonds is 6. The Bertz CT molecular complexity index is 1040. The van der Waals surface area contributed by atoms with Gasteiger partial charge in [0.25, 0.3) is 0 Å². The topological polar surface area (TPSA) is 95.1 Å². The van der Waals surface area contributed by atoms with E-state index in [2.05, 4.69) is 48.4 Å². The third kappa shape index (κ3) is 5.06. The minimum absolute atomic E-state index is 0.0669. The second kappa shape index (κ2) is 8.97. The monoisotopic (exact) mass is 445 g/mol. The SMILES string of the molecule is COc1ccc(NC(=O)CSc2nnc(-c3ccc(C(C)(C)C)cc3)n2N)cc1Cl. The Balaban J connectivity index is 1.64. The summed E-state index contributed by atoms with van der Waals surface area (Å²) >= 11 is 7.29. The number of carbonyl (C=O) groups excluding carboxylic acids is 1. The normalized spacial score (nSPS) is 11.4. The molecule has 9 heteroatoms. The van der Waals surface area contributed by atoms with Crippen molar-refractivity contribution in [1.29, 1.82) is 0 Å². The summed E-state index contributed by atoms with van der Waals surface area (Å²) in [7, 11) is 1.53. The molecule has 3 N–H and O–H groups in total. The molecule has 0 aliphatic carbocycles. The van der Waals surface area contributed by atoms with Crippen LogP contribution in [-0.2, 0) is 10.2 Å². The maximum atomic E-state index is 12.3. The number of hydrogen-bond acceptors (Lipinski definition) is 6. The Morgan fingerprint density at radius 2 is 1.90 bits per heavy atom. The van der Waals surface area contributed by atoms with E-state index in [9.17, 15) is 4.79 Å². The summed E-state index contributed by atoms with van der Waals surface area (Å²) in [5.74, 6) is 7.16. The third-order valence-corrected chi connectivity index (χ3v) is 5.68. The first-order valence-corrected chi connectivity index (χ1v) is 10.6. The lowest BCUT2D eigenvalue weighted by Crippen LogP contribution is -2.16. The lowest BCUT2D eigenvalue weighted by molar-refractivity contribution is -0.113. The lowest BCUT2D eigenvalue weighted by Gasteiger charge is -2.19. The number of ether oxygens (including phenoxy) is 1. The molecular weight excluding hydrogens is 422 g/mol. The van der Waals surface area contributed by atoms with Crippen molar-refractivity contribution in [2.45, 2.75) is 31.3 Å². The summed E-state index contributed by atoms with van der Waals surface area (Å²) in [5.41, 5.74) is 2.74. The van der Waals surface area contributed by atoms with Crippen molar-refractivity contribution in [3.8, 4) is 17.1 Å². The number of halogens is 1. The molecular formula is C21H24ClN5O2S. The summed E-state index contributed by atoms with van der Waals surface area (Å²) in [5, 5.41) is 11.9. The van der Waals surface area contributed by atoms with Crippen LogP contribution in [0.15, 0.2) is 47.6 Å². The van der Waals surface area contributed by atoms with Crippen LogP contribution in [-0.4, -0.2) is 33.6 Å². The number of nitrogen functional groups attached to an aromatic ring is 1. The standard InChI is InChI=1S/C21H24ClN5O2S/c1-21(2,3)14-7-5-13(6-8-14)19-25-26-20(27(19)23)30-12-18(28)24-15-9-10-17(29-4)16(22)11-15/h5-11H,12,23H2,1-4H3,(H,24,28). The number of thioether (sulfide) groups is 1. The maximum absolute atomic E-state index is 12.3. The van der Waals surface area contributed by atoms with Crippen LogP contribution >= 0.6 is 23.4 Å². The minimum atomic E-state index is -0.208. The second-order valence-electron chi connectivity index (χ2n) is 7.69. The van der Waals surface area contributed by atoms with Crippen molar-refractivity contribution < 1.29 is 9.53 Å². The highest BCUT2D eigenvalue weighted by Crippen LogP contribution is 2.28. The number of nitrogens with one attached hydrogen (secondary N) is 1. The van der Waals surface area contributed by atoms with E-state index < -0.39 is 0 Å². The van der Waals surface area contributed by atoms with Crippen LogP contribution in [0, 0.1) is 0 Å². The van der Waals surface area contributed by atoms with E-state index in [4.69, 9.17) is 22.2 Å². The van der Waals surface area contributed by atoms with Gasteiger partial charge in [0.2, 0.25) is 11.1 Å². The van der Waals surface area contributed by atoms with E-state index in [-0.39, 0.29) is 17.1 Å². The fourth-order valence-electron chi connectivity index (χ4n) is 2.76. The first kappa shape index (κ1) is 22.0. The maximum Gasteiger partial charge on any atom is 0.234 e. The molecule has 0 atom stereocenters. The highest BCUT2D eigenvalue weighted by atomic mass is 35.5. The Morgan fingerprint density at radius 3 is 2.50 bits per heavy atom. The van der Waals surface area contributed by atoms with Crippen LogP contribution in [0.3, 0.4) is 0 Å². The quantitative estimate of drug-likeness (QED) is 0.432. The summed E-state index contributed by atoms with van der Waals surface area (Å²) in [6.07, 6.45) is 0. The molecule has 0 fully saturated rings. The highest BCUT2D eigenvalue weighted by molar-refractivity contribution is 7.99. The van der Waals surface area contributed by atoms with Crippen LogP contribution in [0.1, 0.15) is 26.3 Å². The van der Waals surface area contributed by atoms with Gasteiger partial charge >= 0.3 is 0 Å². The van der Waals surface area contributed by atoms with Gasteiger partial charge in [-0.25, -0.2) is 4.68 Å². The molecule has 0 bridgehead atoms. The minimum Gasteiger partial charge on any atom is -0.495 e. The molecule has 7 nitrogen and oxygen atoms in total. The molecule has 0 aliphatic rings. The average molecular weight is 446 g/mol. The Hall–Kier alpha value is -2.71. The first-order chi connectivity index (χ1) is 14.2. The van der Waals surface area contributed by atoms with Gasteiger partial charge in [0.15, 0.2) is 5.82 Å². The zero-order chi connectivity index (χ0) is 21.9. The van der Waals surface area contributed by atoms with Gasteiger partial charge in [-0.2, -0.15) is 0 Å². The van der Waals surface area contributed by atoms with Crippen LogP contribution < -0.4 is 15.9 Å². The number of nitrogens with zero attached hydrogens (tertiary/aromatic N) is 3. The van der Waals surface area contributed by atoms with Crippen LogP contribution in [0.5, 0.6) is 5.75 Å². The molecule has 0 radical (unpaired) electrons. The molecule has 158 valence electrons. The Labute approximate surface area is 184 Å². The van der Waals surface area contributed by atoms with Crippen molar-refractivity contribution >= 4 is 35.0 Å². The second-order valence-corrected chi connectivity index (χ2v) is 9.04. The van der Waals surface area contributed by atoms with Gasteiger partial charge in [-0.1, -0.05) is 68.4 Å². The largest absolute Gasteiger partial charge is 0.495 e. The molecule has 0 spiro atoms. The van der Waals surface area contributed by atoms with Crippen LogP contribution in [0.2, 0.25) is 5.02 Å². The lowest BCUT2D eigenvalue weighted by atomic mass is 9.87. The Morgan fingerprint density at radius 1 is 1.20 bits per heavy atom. The van der Waals surface area contributed by atoms with Crippen LogP contribution in [0.4, 0.5) is 5.69 Å². The number of amides is 1. The molecule has 0 unspecified atom stereocenters. The predicted molar refractivity (Wildman–Crippen MR) is 122 cm³/mol. The van der Waals surface area contributed by atoms with E-state index in [1.807, 2.05) is 12.1 Å². The van der Waals surface area contributed by atoms with E-state index in [1.165, 1.54) is 29.1 Å². The molecule has 0 saturated carbocycles. The summed E-state index contributed by atoms with van der Waals surface area (Å²) in [6, 6.07) is 13.1. The molecule has 3 aromatic rings. The fourth-order valence-corrected chi connectivity index (χ4v) is 3.68. The number of methoxy groups -OCH3 is 1. The van der Waals surface area contributed by atoms with Crippen molar-refractivity contribution in [2.75, 3.05) is 24.0 Å². The van der Waals surface area contributed by atoms with Gasteiger partial charge in [0.05, 0.1) is 17.9 Å². The first-order valence-electron chi connectivity index (χ1n) is 9.26.